The number of ketones is 1. The summed E-state index contributed by atoms with van der Waals surface area (Å²) in [5.74, 6) is 0.122. The molecule has 1 aliphatic heterocycles. The fraction of sp³-hybridized carbons (Fsp3) is 0.357. The van der Waals surface area contributed by atoms with Crippen LogP contribution in [0.25, 0.3) is 0 Å². The number of Topliss-reactive ketones (excluding diaryl/α,β-unsaturated/α-hetero) is 1. The number of ether oxygens (including phenoxy) is 1. The number of carbonyl (C=O) groups excluding carboxylic acids is 1. The van der Waals surface area contributed by atoms with Crippen molar-refractivity contribution in [1.82, 2.24) is 0 Å². The van der Waals surface area contributed by atoms with Crippen LogP contribution in [0, 0.1) is 0 Å². The van der Waals surface area contributed by atoms with Crippen molar-refractivity contribution in [3.05, 3.63) is 47.2 Å². The monoisotopic (exact) mass is 216 g/mol. The summed E-state index contributed by atoms with van der Waals surface area (Å²) in [5, 5.41) is 0. The summed E-state index contributed by atoms with van der Waals surface area (Å²) in [6, 6.07) is 7.80. The lowest BCUT2D eigenvalue weighted by Gasteiger charge is -2.14. The lowest BCUT2D eigenvalue weighted by Crippen LogP contribution is -2.11. The quantitative estimate of drug-likeness (QED) is 0.725. The molecule has 0 saturated heterocycles. The van der Waals surface area contributed by atoms with Crippen LogP contribution in [-0.4, -0.2) is 12.4 Å². The second kappa shape index (κ2) is 4.97. The van der Waals surface area contributed by atoms with E-state index in [1.54, 1.807) is 6.26 Å². The van der Waals surface area contributed by atoms with Crippen molar-refractivity contribution in [1.29, 1.82) is 0 Å². The predicted molar refractivity (Wildman–Crippen MR) is 63.4 cm³/mol. The molecule has 2 rings (SSSR count). The van der Waals surface area contributed by atoms with Gasteiger partial charge in [0.1, 0.15) is 0 Å². The van der Waals surface area contributed by atoms with E-state index in [9.17, 15) is 4.79 Å². The molecule has 1 aromatic rings. The van der Waals surface area contributed by atoms with Crippen LogP contribution in [-0.2, 0) is 11.2 Å². The average molecular weight is 216 g/mol. The first-order valence-corrected chi connectivity index (χ1v) is 5.76. The average Bonchev–Trinajstić information content (AvgIpc) is 2.39. The van der Waals surface area contributed by atoms with Gasteiger partial charge in [-0.05, 0) is 24.8 Å². The first-order valence-electron chi connectivity index (χ1n) is 5.76. The summed E-state index contributed by atoms with van der Waals surface area (Å²) in [7, 11) is 0. The van der Waals surface area contributed by atoms with Crippen LogP contribution < -0.4 is 0 Å². The lowest BCUT2D eigenvalue weighted by atomic mass is 9.95. The molecule has 0 fully saturated rings. The zero-order chi connectivity index (χ0) is 11.4. The molecule has 0 spiro atoms. The molecule has 0 radical (unpaired) electrons. The summed E-state index contributed by atoms with van der Waals surface area (Å²) < 4.78 is 5.22. The van der Waals surface area contributed by atoms with Crippen LogP contribution in [0.15, 0.2) is 36.1 Å². The normalized spacial score (nSPS) is 15.2. The molecule has 0 aromatic heterocycles. The van der Waals surface area contributed by atoms with Crippen molar-refractivity contribution in [2.45, 2.75) is 26.2 Å². The van der Waals surface area contributed by atoms with Crippen LogP contribution in [0.3, 0.4) is 0 Å². The van der Waals surface area contributed by atoms with Crippen molar-refractivity contribution < 1.29 is 9.53 Å². The highest BCUT2D eigenvalue weighted by Gasteiger charge is 2.17. The Morgan fingerprint density at radius 3 is 2.88 bits per heavy atom. The maximum absolute atomic E-state index is 12.2. The van der Waals surface area contributed by atoms with E-state index in [4.69, 9.17) is 4.74 Å². The maximum atomic E-state index is 12.2. The first-order chi connectivity index (χ1) is 7.83. The topological polar surface area (TPSA) is 26.3 Å². The summed E-state index contributed by atoms with van der Waals surface area (Å²) >= 11 is 0. The van der Waals surface area contributed by atoms with Crippen molar-refractivity contribution in [3.8, 4) is 0 Å². The fourth-order valence-electron chi connectivity index (χ4n) is 1.95. The molecule has 0 atom stereocenters. The Balaban J connectivity index is 2.29. The van der Waals surface area contributed by atoms with Crippen molar-refractivity contribution in [2.24, 2.45) is 0 Å². The molecule has 16 heavy (non-hydrogen) atoms. The van der Waals surface area contributed by atoms with Crippen LogP contribution in [0.4, 0.5) is 0 Å². The maximum Gasteiger partial charge on any atom is 0.192 e. The number of allylic oxidation sites excluding steroid dienone is 1. The molecule has 84 valence electrons. The Hall–Kier alpha value is -1.57. The van der Waals surface area contributed by atoms with Crippen LogP contribution in [0.2, 0.25) is 0 Å². The van der Waals surface area contributed by atoms with E-state index in [1.807, 2.05) is 24.3 Å². The number of rotatable bonds is 3. The molecule has 0 saturated carbocycles. The molecule has 0 bridgehead atoms. The molecule has 0 unspecified atom stereocenters. The van der Waals surface area contributed by atoms with Crippen molar-refractivity contribution in [2.75, 3.05) is 6.61 Å². The molecular formula is C14H16O2. The molecular weight excluding hydrogens is 200 g/mol. The largest absolute Gasteiger partial charge is 0.501 e. The third-order valence-electron chi connectivity index (χ3n) is 2.87. The van der Waals surface area contributed by atoms with Gasteiger partial charge < -0.3 is 4.74 Å². The molecule has 1 heterocycles. The highest BCUT2D eigenvalue weighted by Crippen LogP contribution is 2.20. The number of hydrogen-bond donors (Lipinski definition) is 0. The van der Waals surface area contributed by atoms with E-state index in [1.165, 1.54) is 0 Å². The molecule has 0 N–H and O–H groups in total. The summed E-state index contributed by atoms with van der Waals surface area (Å²) in [6.45, 7) is 2.80. The van der Waals surface area contributed by atoms with Gasteiger partial charge in [-0.1, -0.05) is 31.2 Å². The first kappa shape index (κ1) is 10.9. The highest BCUT2D eigenvalue weighted by atomic mass is 16.5. The van der Waals surface area contributed by atoms with Crippen molar-refractivity contribution in [3.63, 3.8) is 0 Å². The number of carbonyl (C=O) groups is 1. The Bertz CT molecular complexity index is 418. The minimum Gasteiger partial charge on any atom is -0.501 e. The van der Waals surface area contributed by atoms with Gasteiger partial charge in [0.2, 0.25) is 0 Å². The van der Waals surface area contributed by atoms with E-state index in [2.05, 4.69) is 6.92 Å². The van der Waals surface area contributed by atoms with E-state index in [0.717, 1.165) is 42.6 Å². The molecule has 1 aliphatic rings. The zero-order valence-electron chi connectivity index (χ0n) is 9.53. The van der Waals surface area contributed by atoms with Gasteiger partial charge in [0.15, 0.2) is 5.78 Å². The van der Waals surface area contributed by atoms with Gasteiger partial charge in [0.25, 0.3) is 0 Å². The van der Waals surface area contributed by atoms with Gasteiger partial charge in [-0.15, -0.1) is 0 Å². The second-order valence-electron chi connectivity index (χ2n) is 3.96. The Morgan fingerprint density at radius 1 is 1.38 bits per heavy atom. The predicted octanol–water partition coefficient (Wildman–Crippen LogP) is 3.13. The standard InChI is InChI=1S/C14H16O2/c1-2-11-6-3-4-8-13(11)14(15)12-7-5-9-16-10-12/h3-4,6,8,10H,2,5,7,9H2,1H3. The van der Waals surface area contributed by atoms with Gasteiger partial charge in [-0.3, -0.25) is 4.79 Å². The minimum atomic E-state index is 0.122. The Morgan fingerprint density at radius 2 is 2.19 bits per heavy atom. The van der Waals surface area contributed by atoms with Gasteiger partial charge >= 0.3 is 0 Å². The third kappa shape index (κ3) is 2.16. The third-order valence-corrected chi connectivity index (χ3v) is 2.87. The van der Waals surface area contributed by atoms with E-state index >= 15 is 0 Å². The summed E-state index contributed by atoms with van der Waals surface area (Å²) in [5.41, 5.74) is 2.73. The number of hydrogen-bond acceptors (Lipinski definition) is 2. The van der Waals surface area contributed by atoms with E-state index in [-0.39, 0.29) is 5.78 Å². The minimum absolute atomic E-state index is 0.122. The van der Waals surface area contributed by atoms with Crippen LogP contribution >= 0.6 is 0 Å². The molecule has 0 amide bonds. The van der Waals surface area contributed by atoms with Crippen LogP contribution in [0.1, 0.15) is 35.7 Å². The van der Waals surface area contributed by atoms with Crippen LogP contribution in [0.5, 0.6) is 0 Å². The summed E-state index contributed by atoms with van der Waals surface area (Å²) in [4.78, 5) is 12.2. The van der Waals surface area contributed by atoms with Gasteiger partial charge in [0.05, 0.1) is 12.9 Å². The number of benzene rings is 1. The molecule has 1 aromatic carbocycles. The SMILES string of the molecule is CCc1ccccc1C(=O)C1=COCCC1. The van der Waals surface area contributed by atoms with E-state index in [0.29, 0.717) is 0 Å². The van der Waals surface area contributed by atoms with Gasteiger partial charge in [-0.2, -0.15) is 0 Å². The molecule has 2 nitrogen and oxygen atoms in total. The Labute approximate surface area is 95.9 Å². The van der Waals surface area contributed by atoms with E-state index < -0.39 is 0 Å². The Kier molecular flexibility index (Phi) is 3.40. The molecule has 2 heteroatoms. The lowest BCUT2D eigenvalue weighted by molar-refractivity contribution is 0.101. The van der Waals surface area contributed by atoms with Gasteiger partial charge in [0, 0.05) is 11.1 Å². The second-order valence-corrected chi connectivity index (χ2v) is 3.96. The zero-order valence-corrected chi connectivity index (χ0v) is 9.53. The highest BCUT2D eigenvalue weighted by molar-refractivity contribution is 6.09. The van der Waals surface area contributed by atoms with Gasteiger partial charge in [-0.25, -0.2) is 0 Å². The summed E-state index contributed by atoms with van der Waals surface area (Å²) in [6.07, 6.45) is 4.27. The number of aryl methyl sites for hydroxylation is 1. The van der Waals surface area contributed by atoms with Crippen molar-refractivity contribution >= 4 is 5.78 Å². The fourth-order valence-corrected chi connectivity index (χ4v) is 1.95. The smallest absolute Gasteiger partial charge is 0.192 e. The molecule has 0 aliphatic carbocycles.